The van der Waals surface area contributed by atoms with Crippen LogP contribution in [-0.2, 0) is 6.42 Å². The summed E-state index contributed by atoms with van der Waals surface area (Å²) < 4.78 is 6.02. The van der Waals surface area contributed by atoms with Gasteiger partial charge in [-0.1, -0.05) is 25.1 Å². The second-order valence-electron chi connectivity index (χ2n) is 5.64. The summed E-state index contributed by atoms with van der Waals surface area (Å²) in [6.07, 6.45) is 3.39. The number of para-hydroxylation sites is 1. The van der Waals surface area contributed by atoms with Crippen molar-refractivity contribution in [3.05, 3.63) is 51.2 Å². The lowest BCUT2D eigenvalue weighted by molar-refractivity contribution is 0.283. The van der Waals surface area contributed by atoms with Crippen molar-refractivity contribution in [3.8, 4) is 5.75 Å². The van der Waals surface area contributed by atoms with Gasteiger partial charge in [0.25, 0.3) is 0 Å². The Morgan fingerprint density at radius 2 is 2.24 bits per heavy atom. The molecule has 0 bridgehead atoms. The van der Waals surface area contributed by atoms with Gasteiger partial charge in [-0.15, -0.1) is 11.3 Å². The van der Waals surface area contributed by atoms with E-state index in [2.05, 4.69) is 48.8 Å². The van der Waals surface area contributed by atoms with Crippen LogP contribution in [0.1, 0.15) is 47.4 Å². The van der Waals surface area contributed by atoms with Gasteiger partial charge in [-0.2, -0.15) is 0 Å². The average Bonchev–Trinajstić information content (AvgIpc) is 2.94. The minimum absolute atomic E-state index is 0.248. The Labute approximate surface area is 131 Å². The van der Waals surface area contributed by atoms with E-state index in [1.807, 2.05) is 11.3 Å². The van der Waals surface area contributed by atoms with Crippen LogP contribution in [-0.4, -0.2) is 13.2 Å². The molecule has 0 saturated heterocycles. The number of hydrogen-bond donors (Lipinski definition) is 1. The van der Waals surface area contributed by atoms with Crippen LogP contribution in [0.4, 0.5) is 0 Å². The van der Waals surface area contributed by atoms with Gasteiger partial charge in [0.15, 0.2) is 0 Å². The number of aryl methyl sites for hydroxylation is 2. The van der Waals surface area contributed by atoms with E-state index in [4.69, 9.17) is 4.74 Å². The summed E-state index contributed by atoms with van der Waals surface area (Å²) in [6.45, 7) is 6.27. The highest BCUT2D eigenvalue weighted by Crippen LogP contribution is 2.38. The Balaban J connectivity index is 2.02. The molecule has 2 aromatic rings. The summed E-state index contributed by atoms with van der Waals surface area (Å²) in [5.41, 5.74) is 4.02. The van der Waals surface area contributed by atoms with Gasteiger partial charge in [0, 0.05) is 10.4 Å². The summed E-state index contributed by atoms with van der Waals surface area (Å²) in [6, 6.07) is 9.05. The van der Waals surface area contributed by atoms with Crippen LogP contribution in [0.3, 0.4) is 0 Å². The predicted molar refractivity (Wildman–Crippen MR) is 89.5 cm³/mol. The van der Waals surface area contributed by atoms with Gasteiger partial charge in [0.05, 0.1) is 12.6 Å². The van der Waals surface area contributed by atoms with Crippen LogP contribution in [0, 0.1) is 6.92 Å². The summed E-state index contributed by atoms with van der Waals surface area (Å²) in [7, 11) is 0. The normalized spacial score (nSPS) is 15.3. The highest BCUT2D eigenvalue weighted by atomic mass is 32.1. The first-order valence-electron chi connectivity index (χ1n) is 7.83. The Bertz CT molecular complexity index is 605. The molecule has 0 amide bonds. The maximum atomic E-state index is 6.02. The van der Waals surface area contributed by atoms with Crippen LogP contribution < -0.4 is 10.1 Å². The number of rotatable bonds is 5. The van der Waals surface area contributed by atoms with Gasteiger partial charge >= 0.3 is 0 Å². The molecule has 0 fully saturated rings. The zero-order valence-corrected chi connectivity index (χ0v) is 13.6. The van der Waals surface area contributed by atoms with Crippen molar-refractivity contribution in [3.63, 3.8) is 0 Å². The fourth-order valence-corrected chi connectivity index (χ4v) is 3.97. The van der Waals surface area contributed by atoms with E-state index in [-0.39, 0.29) is 6.04 Å². The summed E-state index contributed by atoms with van der Waals surface area (Å²) in [5.74, 6) is 1.12. The zero-order chi connectivity index (χ0) is 14.7. The van der Waals surface area contributed by atoms with Gasteiger partial charge in [-0.3, -0.25) is 0 Å². The van der Waals surface area contributed by atoms with E-state index in [1.54, 1.807) is 0 Å². The Morgan fingerprint density at radius 1 is 1.33 bits per heavy atom. The lowest BCUT2D eigenvalue weighted by Crippen LogP contribution is -2.24. The monoisotopic (exact) mass is 301 g/mol. The molecule has 0 aliphatic carbocycles. The Morgan fingerprint density at radius 3 is 3.00 bits per heavy atom. The van der Waals surface area contributed by atoms with E-state index in [1.165, 1.54) is 21.6 Å². The maximum Gasteiger partial charge on any atom is 0.127 e. The SMILES string of the molecule is CCCNC(c1cccc2c1OCCC2)c1sccc1C. The Hall–Kier alpha value is -1.32. The summed E-state index contributed by atoms with van der Waals surface area (Å²) in [4.78, 5) is 1.41. The van der Waals surface area contributed by atoms with Crippen molar-refractivity contribution in [1.29, 1.82) is 0 Å². The fraction of sp³-hybridized carbons (Fsp3) is 0.444. The number of thiophene rings is 1. The zero-order valence-electron chi connectivity index (χ0n) is 12.8. The lowest BCUT2D eigenvalue weighted by Gasteiger charge is -2.26. The van der Waals surface area contributed by atoms with E-state index in [0.29, 0.717) is 0 Å². The van der Waals surface area contributed by atoms with E-state index in [0.717, 1.165) is 38.2 Å². The van der Waals surface area contributed by atoms with Crippen LogP contribution in [0.25, 0.3) is 0 Å². The van der Waals surface area contributed by atoms with Gasteiger partial charge < -0.3 is 10.1 Å². The van der Waals surface area contributed by atoms with Crippen molar-refractivity contribution >= 4 is 11.3 Å². The molecule has 2 nitrogen and oxygen atoms in total. The van der Waals surface area contributed by atoms with Crippen LogP contribution >= 0.6 is 11.3 Å². The average molecular weight is 301 g/mol. The first-order chi connectivity index (χ1) is 10.3. The van der Waals surface area contributed by atoms with Gasteiger partial charge in [0.1, 0.15) is 5.75 Å². The van der Waals surface area contributed by atoms with Gasteiger partial charge in [-0.05, 0) is 55.3 Å². The third kappa shape index (κ3) is 2.99. The quantitative estimate of drug-likeness (QED) is 0.879. The number of hydrogen-bond acceptors (Lipinski definition) is 3. The van der Waals surface area contributed by atoms with Crippen molar-refractivity contribution in [2.75, 3.05) is 13.2 Å². The highest BCUT2D eigenvalue weighted by Gasteiger charge is 2.23. The molecule has 1 aliphatic rings. The van der Waals surface area contributed by atoms with Crippen molar-refractivity contribution < 1.29 is 4.74 Å². The van der Waals surface area contributed by atoms with E-state index in [9.17, 15) is 0 Å². The molecule has 1 aromatic carbocycles. The Kier molecular flexibility index (Phi) is 4.61. The topological polar surface area (TPSA) is 21.3 Å². The largest absolute Gasteiger partial charge is 0.493 e. The second-order valence-corrected chi connectivity index (χ2v) is 6.59. The smallest absolute Gasteiger partial charge is 0.127 e. The number of benzene rings is 1. The maximum absolute atomic E-state index is 6.02. The number of fused-ring (bicyclic) bond motifs is 1. The molecular weight excluding hydrogens is 278 g/mol. The molecule has 3 heteroatoms. The third-order valence-electron chi connectivity index (χ3n) is 4.04. The molecule has 0 saturated carbocycles. The standard InChI is InChI=1S/C18H23NOS/c1-3-10-19-16(18-13(2)9-12-21-18)15-8-4-6-14-7-5-11-20-17(14)15/h4,6,8-9,12,16,19H,3,5,7,10-11H2,1-2H3. The predicted octanol–water partition coefficient (Wildman–Crippen LogP) is 4.47. The van der Waals surface area contributed by atoms with Crippen LogP contribution in [0.2, 0.25) is 0 Å². The minimum Gasteiger partial charge on any atom is -0.493 e. The molecule has 3 rings (SSSR count). The van der Waals surface area contributed by atoms with Gasteiger partial charge in [-0.25, -0.2) is 0 Å². The van der Waals surface area contributed by atoms with Crippen LogP contribution in [0.15, 0.2) is 29.6 Å². The van der Waals surface area contributed by atoms with Crippen molar-refractivity contribution in [2.24, 2.45) is 0 Å². The van der Waals surface area contributed by atoms with Gasteiger partial charge in [0.2, 0.25) is 0 Å². The molecule has 21 heavy (non-hydrogen) atoms. The van der Waals surface area contributed by atoms with E-state index >= 15 is 0 Å². The summed E-state index contributed by atoms with van der Waals surface area (Å²) >= 11 is 1.84. The molecule has 1 aromatic heterocycles. The molecule has 1 N–H and O–H groups in total. The minimum atomic E-state index is 0.248. The first-order valence-corrected chi connectivity index (χ1v) is 8.71. The molecule has 0 radical (unpaired) electrons. The molecule has 1 unspecified atom stereocenters. The van der Waals surface area contributed by atoms with E-state index < -0.39 is 0 Å². The molecular formula is C18H23NOS. The lowest BCUT2D eigenvalue weighted by atomic mass is 9.96. The van der Waals surface area contributed by atoms with Crippen LogP contribution in [0.5, 0.6) is 5.75 Å². The third-order valence-corrected chi connectivity index (χ3v) is 5.12. The molecule has 1 atom stereocenters. The molecule has 0 spiro atoms. The molecule has 2 heterocycles. The fourth-order valence-electron chi connectivity index (χ4n) is 2.95. The number of ether oxygens (including phenoxy) is 1. The first kappa shape index (κ1) is 14.6. The van der Waals surface area contributed by atoms with Crippen molar-refractivity contribution in [1.82, 2.24) is 5.32 Å². The highest BCUT2D eigenvalue weighted by molar-refractivity contribution is 7.10. The molecule has 1 aliphatic heterocycles. The van der Waals surface area contributed by atoms with Crippen molar-refractivity contribution in [2.45, 2.75) is 39.2 Å². The molecule has 112 valence electrons. The number of nitrogens with one attached hydrogen (secondary N) is 1. The second kappa shape index (κ2) is 6.63. The summed E-state index contributed by atoms with van der Waals surface area (Å²) in [5, 5.41) is 5.89.